The van der Waals surface area contributed by atoms with E-state index >= 15 is 0 Å². The van der Waals surface area contributed by atoms with Gasteiger partial charge in [-0.25, -0.2) is 4.98 Å². The summed E-state index contributed by atoms with van der Waals surface area (Å²) in [6.45, 7) is 2.63. The molecule has 0 aromatic carbocycles. The maximum Gasteiger partial charge on any atom is 0.252 e. The summed E-state index contributed by atoms with van der Waals surface area (Å²) in [6, 6.07) is 1.53. The molecule has 2 heterocycles. The number of H-pyrrole nitrogens is 1. The Hall–Kier alpha value is -1.36. The molecule has 0 bridgehead atoms. The van der Waals surface area contributed by atoms with Crippen molar-refractivity contribution in [3.05, 3.63) is 22.7 Å². The van der Waals surface area contributed by atoms with Gasteiger partial charge in [0.25, 0.3) is 5.56 Å². The van der Waals surface area contributed by atoms with Crippen LogP contribution in [0.25, 0.3) is 0 Å². The highest BCUT2D eigenvalue weighted by molar-refractivity contribution is 5.34. The quantitative estimate of drug-likeness (QED) is 0.816. The Morgan fingerprint density at radius 2 is 2.31 bits per heavy atom. The molecule has 1 N–H and O–H groups in total. The number of rotatable bonds is 3. The topological polar surface area (TPSA) is 58.2 Å². The molecule has 1 fully saturated rings. The molecule has 0 saturated carbocycles. The first-order valence-electron chi connectivity index (χ1n) is 5.59. The van der Waals surface area contributed by atoms with E-state index in [0.717, 1.165) is 38.4 Å². The molecule has 88 valence electrons. The summed E-state index contributed by atoms with van der Waals surface area (Å²) in [5.74, 6) is 1.37. The molecule has 0 aliphatic carbocycles. The van der Waals surface area contributed by atoms with Crippen molar-refractivity contribution in [1.29, 1.82) is 0 Å². The third-order valence-electron chi connectivity index (χ3n) is 2.93. The van der Waals surface area contributed by atoms with Gasteiger partial charge in [-0.1, -0.05) is 0 Å². The zero-order valence-corrected chi connectivity index (χ0v) is 9.48. The molecule has 1 aromatic heterocycles. The lowest BCUT2D eigenvalue weighted by Crippen LogP contribution is -2.30. The van der Waals surface area contributed by atoms with Crippen molar-refractivity contribution in [3.63, 3.8) is 0 Å². The average Bonchev–Trinajstić information content (AvgIpc) is 2.30. The minimum atomic E-state index is -0.108. The molecule has 1 saturated heterocycles. The number of hydrogen-bond donors (Lipinski definition) is 1. The van der Waals surface area contributed by atoms with Crippen molar-refractivity contribution in [2.24, 2.45) is 5.92 Å². The standard InChI is InChI=1S/C11H17N3O2/c1-14(7-9-2-4-16-5-3-9)10-6-11(15)13-8-12-10/h6,8-9H,2-5,7H2,1H3,(H,12,13,15). The third kappa shape index (κ3) is 2.82. The van der Waals surface area contributed by atoms with Crippen LogP contribution in [0.1, 0.15) is 12.8 Å². The van der Waals surface area contributed by atoms with E-state index in [2.05, 4.69) is 9.97 Å². The highest BCUT2D eigenvalue weighted by Gasteiger charge is 2.16. The van der Waals surface area contributed by atoms with Gasteiger partial charge >= 0.3 is 0 Å². The maximum absolute atomic E-state index is 11.1. The summed E-state index contributed by atoms with van der Waals surface area (Å²) < 4.78 is 5.32. The zero-order valence-electron chi connectivity index (χ0n) is 9.48. The Labute approximate surface area is 94.5 Å². The van der Waals surface area contributed by atoms with Gasteiger partial charge < -0.3 is 14.6 Å². The average molecular weight is 223 g/mol. The van der Waals surface area contributed by atoms with Crippen LogP contribution in [0.15, 0.2) is 17.2 Å². The van der Waals surface area contributed by atoms with Crippen LogP contribution >= 0.6 is 0 Å². The van der Waals surface area contributed by atoms with E-state index in [-0.39, 0.29) is 5.56 Å². The number of aromatic nitrogens is 2. The molecule has 1 aliphatic rings. The smallest absolute Gasteiger partial charge is 0.252 e. The number of nitrogens with zero attached hydrogens (tertiary/aromatic N) is 2. The van der Waals surface area contributed by atoms with Gasteiger partial charge in [-0.15, -0.1) is 0 Å². The van der Waals surface area contributed by atoms with Crippen LogP contribution in [0.5, 0.6) is 0 Å². The first-order chi connectivity index (χ1) is 7.75. The molecule has 0 spiro atoms. The van der Waals surface area contributed by atoms with E-state index in [4.69, 9.17) is 4.74 Å². The van der Waals surface area contributed by atoms with Gasteiger partial charge in [0.05, 0.1) is 6.33 Å². The predicted molar refractivity (Wildman–Crippen MR) is 61.7 cm³/mol. The molecule has 5 heteroatoms. The van der Waals surface area contributed by atoms with Crippen LogP contribution in [0.2, 0.25) is 0 Å². The number of ether oxygens (including phenoxy) is 1. The summed E-state index contributed by atoms with van der Waals surface area (Å²) in [5, 5.41) is 0. The SMILES string of the molecule is CN(CC1CCOCC1)c1cc(=O)[nH]cn1. The van der Waals surface area contributed by atoms with Gasteiger partial charge in [0.2, 0.25) is 0 Å². The number of aromatic amines is 1. The molecule has 0 radical (unpaired) electrons. The second-order valence-electron chi connectivity index (χ2n) is 4.21. The van der Waals surface area contributed by atoms with E-state index in [1.807, 2.05) is 11.9 Å². The number of nitrogens with one attached hydrogen (secondary N) is 1. The minimum absolute atomic E-state index is 0.108. The summed E-state index contributed by atoms with van der Waals surface area (Å²) in [4.78, 5) is 19.8. The van der Waals surface area contributed by atoms with Crippen molar-refractivity contribution in [1.82, 2.24) is 9.97 Å². The monoisotopic (exact) mass is 223 g/mol. The number of anilines is 1. The summed E-state index contributed by atoms with van der Waals surface area (Å²) in [5.41, 5.74) is -0.108. The largest absolute Gasteiger partial charge is 0.381 e. The van der Waals surface area contributed by atoms with Crippen molar-refractivity contribution in [3.8, 4) is 0 Å². The molecular weight excluding hydrogens is 206 g/mol. The maximum atomic E-state index is 11.1. The van der Waals surface area contributed by atoms with Gasteiger partial charge in [-0.05, 0) is 18.8 Å². The summed E-state index contributed by atoms with van der Waals surface area (Å²) >= 11 is 0. The Kier molecular flexibility index (Phi) is 3.56. The van der Waals surface area contributed by atoms with Gasteiger partial charge in [-0.3, -0.25) is 4.79 Å². The van der Waals surface area contributed by atoms with Crippen molar-refractivity contribution >= 4 is 5.82 Å². The van der Waals surface area contributed by atoms with E-state index in [0.29, 0.717) is 5.92 Å². The zero-order chi connectivity index (χ0) is 11.4. The molecule has 16 heavy (non-hydrogen) atoms. The molecule has 0 unspecified atom stereocenters. The lowest BCUT2D eigenvalue weighted by atomic mass is 10.00. The van der Waals surface area contributed by atoms with E-state index < -0.39 is 0 Å². The highest BCUT2D eigenvalue weighted by Crippen LogP contribution is 2.17. The van der Waals surface area contributed by atoms with Gasteiger partial charge in [-0.2, -0.15) is 0 Å². The molecule has 0 amide bonds. The van der Waals surface area contributed by atoms with Crippen LogP contribution in [-0.2, 0) is 4.74 Å². The Morgan fingerprint density at radius 3 is 3.00 bits per heavy atom. The first-order valence-corrected chi connectivity index (χ1v) is 5.59. The lowest BCUT2D eigenvalue weighted by molar-refractivity contribution is 0.0685. The van der Waals surface area contributed by atoms with Crippen molar-refractivity contribution in [2.45, 2.75) is 12.8 Å². The van der Waals surface area contributed by atoms with Crippen LogP contribution in [0, 0.1) is 5.92 Å². The molecule has 1 aromatic rings. The summed E-state index contributed by atoms with van der Waals surface area (Å²) in [7, 11) is 1.97. The Bertz CT molecular complexity index is 385. The molecule has 0 atom stereocenters. The summed E-state index contributed by atoms with van der Waals surface area (Å²) in [6.07, 6.45) is 3.62. The fourth-order valence-electron chi connectivity index (χ4n) is 1.98. The van der Waals surface area contributed by atoms with Gasteiger partial charge in [0.15, 0.2) is 0 Å². The third-order valence-corrected chi connectivity index (χ3v) is 2.93. The van der Waals surface area contributed by atoms with Crippen molar-refractivity contribution < 1.29 is 4.74 Å². The molecule has 1 aliphatic heterocycles. The van der Waals surface area contributed by atoms with E-state index in [9.17, 15) is 4.79 Å². The van der Waals surface area contributed by atoms with Crippen LogP contribution < -0.4 is 10.5 Å². The van der Waals surface area contributed by atoms with Gasteiger partial charge in [0.1, 0.15) is 5.82 Å². The minimum Gasteiger partial charge on any atom is -0.381 e. The lowest BCUT2D eigenvalue weighted by Gasteiger charge is -2.27. The highest BCUT2D eigenvalue weighted by atomic mass is 16.5. The number of hydrogen-bond acceptors (Lipinski definition) is 4. The fraction of sp³-hybridized carbons (Fsp3) is 0.636. The second-order valence-corrected chi connectivity index (χ2v) is 4.21. The van der Waals surface area contributed by atoms with E-state index in [1.165, 1.54) is 12.4 Å². The Balaban J connectivity index is 1.96. The Morgan fingerprint density at radius 1 is 1.56 bits per heavy atom. The van der Waals surface area contributed by atoms with Gasteiger partial charge in [0, 0.05) is 32.9 Å². The first kappa shape index (κ1) is 11.1. The van der Waals surface area contributed by atoms with E-state index in [1.54, 1.807) is 0 Å². The molecule has 2 rings (SSSR count). The predicted octanol–water partition coefficient (Wildman–Crippen LogP) is 0.633. The van der Waals surface area contributed by atoms with Crippen LogP contribution in [-0.4, -0.2) is 36.8 Å². The molecular formula is C11H17N3O2. The second kappa shape index (κ2) is 5.12. The normalized spacial score (nSPS) is 17.3. The van der Waals surface area contributed by atoms with Crippen LogP contribution in [0.3, 0.4) is 0 Å². The van der Waals surface area contributed by atoms with Crippen LogP contribution in [0.4, 0.5) is 5.82 Å². The fourth-order valence-corrected chi connectivity index (χ4v) is 1.98. The molecule has 5 nitrogen and oxygen atoms in total. The van der Waals surface area contributed by atoms with Crippen molar-refractivity contribution in [2.75, 3.05) is 31.7 Å².